The van der Waals surface area contributed by atoms with Crippen molar-refractivity contribution in [3.05, 3.63) is 66.2 Å². The lowest BCUT2D eigenvalue weighted by Gasteiger charge is -2.09. The Labute approximate surface area is 139 Å². The number of nitrogens with one attached hydrogen (secondary N) is 1. The average Bonchev–Trinajstić information content (AvgIpc) is 3.12. The van der Waals surface area contributed by atoms with Gasteiger partial charge in [-0.05, 0) is 31.0 Å². The first-order valence-corrected chi connectivity index (χ1v) is 7.80. The Balaban J connectivity index is 1.56. The molecule has 0 aliphatic rings. The van der Waals surface area contributed by atoms with Gasteiger partial charge in [-0.3, -0.25) is 9.78 Å². The fraction of sp³-hybridized carbons (Fsp3) is 0.222. The van der Waals surface area contributed by atoms with Crippen molar-refractivity contribution in [2.75, 3.05) is 0 Å². The molecule has 1 amide bonds. The van der Waals surface area contributed by atoms with Crippen molar-refractivity contribution in [2.45, 2.75) is 25.8 Å². The van der Waals surface area contributed by atoms with Crippen molar-refractivity contribution in [1.82, 2.24) is 20.4 Å². The maximum Gasteiger partial charge on any atom is 0.249 e. The molecule has 0 fully saturated rings. The molecule has 2 heterocycles. The summed E-state index contributed by atoms with van der Waals surface area (Å²) >= 11 is 0. The van der Waals surface area contributed by atoms with Crippen LogP contribution >= 0.6 is 0 Å². The highest BCUT2D eigenvalue weighted by molar-refractivity contribution is 5.76. The van der Waals surface area contributed by atoms with Crippen molar-refractivity contribution in [3.8, 4) is 11.5 Å². The highest BCUT2D eigenvalue weighted by atomic mass is 16.5. The number of hydrogen-bond acceptors (Lipinski definition) is 5. The first kappa shape index (κ1) is 15.9. The molecule has 0 radical (unpaired) electrons. The maximum absolute atomic E-state index is 12.1. The zero-order chi connectivity index (χ0) is 16.8. The third kappa shape index (κ3) is 4.04. The Morgan fingerprint density at radius 3 is 2.71 bits per heavy atom. The van der Waals surface area contributed by atoms with E-state index in [-0.39, 0.29) is 11.9 Å². The zero-order valence-corrected chi connectivity index (χ0v) is 13.3. The second-order valence-corrected chi connectivity index (χ2v) is 5.45. The molecular formula is C18H18N4O2. The van der Waals surface area contributed by atoms with Crippen LogP contribution in [0.5, 0.6) is 0 Å². The van der Waals surface area contributed by atoms with Gasteiger partial charge in [0.05, 0.1) is 0 Å². The van der Waals surface area contributed by atoms with E-state index < -0.39 is 0 Å². The third-order valence-corrected chi connectivity index (χ3v) is 3.57. The van der Waals surface area contributed by atoms with Crippen LogP contribution in [0.15, 0.2) is 59.3 Å². The summed E-state index contributed by atoms with van der Waals surface area (Å²) in [6, 6.07) is 15.0. The van der Waals surface area contributed by atoms with Gasteiger partial charge in [0.1, 0.15) is 11.7 Å². The van der Waals surface area contributed by atoms with Gasteiger partial charge in [0, 0.05) is 12.6 Å². The molecule has 1 aromatic carbocycles. The standard InChI is InChI=1S/C18H18N4O2/c1-13(20-16(23)11-10-14-7-3-2-4-8-14)18-21-17(22-24-18)15-9-5-6-12-19-15/h2-9,12-13H,10-11H2,1H3,(H,20,23)/t13-/m1/s1. The normalized spacial score (nSPS) is 11.9. The van der Waals surface area contributed by atoms with Gasteiger partial charge in [-0.25, -0.2) is 0 Å². The van der Waals surface area contributed by atoms with E-state index in [0.29, 0.717) is 30.3 Å². The van der Waals surface area contributed by atoms with E-state index in [1.807, 2.05) is 49.4 Å². The summed E-state index contributed by atoms with van der Waals surface area (Å²) in [5, 5.41) is 6.78. The van der Waals surface area contributed by atoms with Crippen LogP contribution in [0.2, 0.25) is 0 Å². The third-order valence-electron chi connectivity index (χ3n) is 3.57. The predicted octanol–water partition coefficient (Wildman–Crippen LogP) is 2.94. The molecule has 0 saturated heterocycles. The molecule has 6 heteroatoms. The molecule has 3 rings (SSSR count). The zero-order valence-electron chi connectivity index (χ0n) is 13.3. The molecular weight excluding hydrogens is 304 g/mol. The van der Waals surface area contributed by atoms with Crippen LogP contribution < -0.4 is 5.32 Å². The summed E-state index contributed by atoms with van der Waals surface area (Å²) in [7, 11) is 0. The second-order valence-electron chi connectivity index (χ2n) is 5.45. The van der Waals surface area contributed by atoms with Gasteiger partial charge in [-0.2, -0.15) is 4.98 Å². The first-order chi connectivity index (χ1) is 11.7. The highest BCUT2D eigenvalue weighted by Crippen LogP contribution is 2.16. The van der Waals surface area contributed by atoms with Crippen molar-refractivity contribution in [3.63, 3.8) is 0 Å². The van der Waals surface area contributed by atoms with E-state index in [1.54, 1.807) is 12.3 Å². The van der Waals surface area contributed by atoms with Gasteiger partial charge in [0.15, 0.2) is 0 Å². The molecule has 1 atom stereocenters. The van der Waals surface area contributed by atoms with E-state index >= 15 is 0 Å². The molecule has 0 bridgehead atoms. The smallest absolute Gasteiger partial charge is 0.249 e. The number of amides is 1. The molecule has 0 saturated carbocycles. The van der Waals surface area contributed by atoms with Crippen LogP contribution in [-0.4, -0.2) is 21.0 Å². The SMILES string of the molecule is C[C@@H](NC(=O)CCc1ccccc1)c1nc(-c2ccccn2)no1. The predicted molar refractivity (Wildman–Crippen MR) is 88.8 cm³/mol. The van der Waals surface area contributed by atoms with Crippen molar-refractivity contribution < 1.29 is 9.32 Å². The molecule has 24 heavy (non-hydrogen) atoms. The van der Waals surface area contributed by atoms with Crippen LogP contribution in [0.25, 0.3) is 11.5 Å². The number of carbonyl (C=O) groups is 1. The minimum atomic E-state index is -0.349. The minimum Gasteiger partial charge on any atom is -0.345 e. The van der Waals surface area contributed by atoms with Crippen LogP contribution in [-0.2, 0) is 11.2 Å². The number of benzene rings is 1. The van der Waals surface area contributed by atoms with Crippen molar-refractivity contribution in [1.29, 1.82) is 0 Å². The van der Waals surface area contributed by atoms with E-state index in [2.05, 4.69) is 20.4 Å². The molecule has 2 aromatic heterocycles. The van der Waals surface area contributed by atoms with Crippen LogP contribution in [0, 0.1) is 0 Å². The molecule has 0 aliphatic carbocycles. The minimum absolute atomic E-state index is 0.0519. The van der Waals surface area contributed by atoms with Crippen LogP contribution in [0.4, 0.5) is 0 Å². The van der Waals surface area contributed by atoms with E-state index in [1.165, 1.54) is 0 Å². The van der Waals surface area contributed by atoms with Crippen molar-refractivity contribution in [2.24, 2.45) is 0 Å². The monoisotopic (exact) mass is 322 g/mol. The van der Waals surface area contributed by atoms with E-state index in [9.17, 15) is 4.79 Å². The number of aromatic nitrogens is 3. The fourth-order valence-corrected chi connectivity index (χ4v) is 2.29. The number of aryl methyl sites for hydroxylation is 1. The van der Waals surface area contributed by atoms with Crippen LogP contribution in [0.3, 0.4) is 0 Å². The molecule has 6 nitrogen and oxygen atoms in total. The Morgan fingerprint density at radius 1 is 1.17 bits per heavy atom. The number of hydrogen-bond donors (Lipinski definition) is 1. The van der Waals surface area contributed by atoms with E-state index in [4.69, 9.17) is 4.52 Å². The largest absolute Gasteiger partial charge is 0.345 e. The lowest BCUT2D eigenvalue weighted by atomic mass is 10.1. The number of carbonyl (C=O) groups excluding carboxylic acids is 1. The Hall–Kier alpha value is -3.02. The Morgan fingerprint density at radius 2 is 1.96 bits per heavy atom. The van der Waals surface area contributed by atoms with Gasteiger partial charge < -0.3 is 9.84 Å². The quantitative estimate of drug-likeness (QED) is 0.754. The van der Waals surface area contributed by atoms with Gasteiger partial charge in [0.25, 0.3) is 0 Å². The molecule has 0 aliphatic heterocycles. The lowest BCUT2D eigenvalue weighted by Crippen LogP contribution is -2.27. The summed E-state index contributed by atoms with van der Waals surface area (Å²) in [6.45, 7) is 1.82. The summed E-state index contributed by atoms with van der Waals surface area (Å²) in [6.07, 6.45) is 2.78. The summed E-state index contributed by atoms with van der Waals surface area (Å²) in [5.41, 5.74) is 1.77. The first-order valence-electron chi connectivity index (χ1n) is 7.80. The summed E-state index contributed by atoms with van der Waals surface area (Å²) in [4.78, 5) is 20.5. The van der Waals surface area contributed by atoms with Gasteiger partial charge >= 0.3 is 0 Å². The fourth-order valence-electron chi connectivity index (χ4n) is 2.29. The van der Waals surface area contributed by atoms with Gasteiger partial charge in [-0.15, -0.1) is 0 Å². The topological polar surface area (TPSA) is 80.9 Å². The average molecular weight is 322 g/mol. The number of pyridine rings is 1. The Bertz CT molecular complexity index is 787. The lowest BCUT2D eigenvalue weighted by molar-refractivity contribution is -0.121. The molecule has 3 aromatic rings. The van der Waals surface area contributed by atoms with Gasteiger partial charge in [-0.1, -0.05) is 41.6 Å². The summed E-state index contributed by atoms with van der Waals surface area (Å²) in [5.74, 6) is 0.726. The molecule has 122 valence electrons. The Kier molecular flexibility index (Phi) is 4.96. The second kappa shape index (κ2) is 7.50. The van der Waals surface area contributed by atoms with Crippen molar-refractivity contribution >= 4 is 5.91 Å². The van der Waals surface area contributed by atoms with Gasteiger partial charge in [0.2, 0.25) is 17.6 Å². The molecule has 0 unspecified atom stereocenters. The molecule has 1 N–H and O–H groups in total. The van der Waals surface area contributed by atoms with Crippen LogP contribution in [0.1, 0.15) is 30.8 Å². The van der Waals surface area contributed by atoms with E-state index in [0.717, 1.165) is 5.56 Å². The highest BCUT2D eigenvalue weighted by Gasteiger charge is 2.17. The molecule has 0 spiro atoms. The maximum atomic E-state index is 12.1. The number of nitrogens with zero attached hydrogens (tertiary/aromatic N) is 3. The summed E-state index contributed by atoms with van der Waals surface area (Å²) < 4.78 is 5.23. The number of rotatable bonds is 6.